The summed E-state index contributed by atoms with van der Waals surface area (Å²) in [5, 5.41) is 17.3. The normalized spacial score (nSPS) is 23.6. The zero-order valence-corrected chi connectivity index (χ0v) is 17.3. The lowest BCUT2D eigenvalue weighted by atomic mass is 10.1. The molecule has 0 spiro atoms. The second kappa shape index (κ2) is 8.32. The first kappa shape index (κ1) is 20.8. The van der Waals surface area contributed by atoms with Crippen LogP contribution in [0.25, 0.3) is 11.2 Å². The van der Waals surface area contributed by atoms with E-state index in [4.69, 9.17) is 33.7 Å². The van der Waals surface area contributed by atoms with Crippen molar-refractivity contribution >= 4 is 46.1 Å². The second-order valence-corrected chi connectivity index (χ2v) is 7.61. The number of rotatable bonds is 5. The van der Waals surface area contributed by atoms with Crippen LogP contribution in [0.4, 0.5) is 5.82 Å². The molecule has 1 aliphatic rings. The van der Waals surface area contributed by atoms with E-state index in [1.165, 1.54) is 24.3 Å². The Hall–Kier alpha value is -2.50. The van der Waals surface area contributed by atoms with Gasteiger partial charge in [-0.2, -0.15) is 0 Å². The molecule has 2 aromatic heterocycles. The van der Waals surface area contributed by atoms with E-state index in [1.807, 2.05) is 0 Å². The molecule has 0 radical (unpaired) electrons. The van der Waals surface area contributed by atoms with Gasteiger partial charge >= 0.3 is 0 Å². The molecule has 0 saturated carbocycles. The van der Waals surface area contributed by atoms with Crippen LogP contribution >= 0.6 is 23.2 Å². The number of nitrogens with two attached hydrogens (primary N) is 1. The number of benzene rings is 1. The maximum Gasteiger partial charge on any atom is 0.250 e. The van der Waals surface area contributed by atoms with Crippen LogP contribution in [-0.2, 0) is 16.1 Å². The number of nitrogens with one attached hydrogen (secondary N) is 2. The molecule has 4 rings (SSSR count). The van der Waals surface area contributed by atoms with Gasteiger partial charge in [0, 0.05) is 23.6 Å². The van der Waals surface area contributed by atoms with Crippen molar-refractivity contribution in [2.75, 3.05) is 12.4 Å². The van der Waals surface area contributed by atoms with Crippen LogP contribution in [0, 0.1) is 0 Å². The van der Waals surface area contributed by atoms with E-state index in [0.29, 0.717) is 33.6 Å². The summed E-state index contributed by atoms with van der Waals surface area (Å²) < 4.78 is 7.24. The lowest BCUT2D eigenvalue weighted by molar-refractivity contribution is -0.134. The predicted octanol–water partition coefficient (Wildman–Crippen LogP) is 1.08. The number of nitrogens with zero attached hydrogens (tertiary/aromatic N) is 4. The lowest BCUT2D eigenvalue weighted by Crippen LogP contribution is -2.46. The van der Waals surface area contributed by atoms with E-state index in [9.17, 15) is 9.90 Å². The van der Waals surface area contributed by atoms with Gasteiger partial charge in [0.05, 0.1) is 12.4 Å². The van der Waals surface area contributed by atoms with Crippen LogP contribution in [0.5, 0.6) is 0 Å². The first-order chi connectivity index (χ1) is 14.4. The molecule has 1 fully saturated rings. The van der Waals surface area contributed by atoms with Crippen molar-refractivity contribution in [2.45, 2.75) is 31.0 Å². The van der Waals surface area contributed by atoms with Crippen molar-refractivity contribution in [2.24, 2.45) is 5.73 Å². The average Bonchev–Trinajstić information content (AvgIpc) is 3.30. The molecule has 0 aliphatic carbocycles. The molecule has 1 saturated heterocycles. The SMILES string of the molecule is CNC(=O)[C@H]1O[C@@H](n2cnc3c(NCc4cc(Cl)ccc4Cl)ncnc32)[C@H](O)[C@@H]1N. The monoisotopic (exact) mass is 451 g/mol. The summed E-state index contributed by atoms with van der Waals surface area (Å²) in [6.07, 6.45) is -0.209. The standard InChI is InChI=1S/C18H19Cl2N7O3/c1-22-17(29)14-11(21)13(28)18(30-14)27-7-26-12-15(24-6-25-16(12)27)23-5-8-4-9(19)2-3-10(8)20/h2-4,6-7,11,13-14,18,28H,5,21H2,1H3,(H,22,29)(H,23,24,25)/t11-,13+,14-,18+/m0/s1. The molecule has 30 heavy (non-hydrogen) atoms. The maximum atomic E-state index is 12.0. The highest BCUT2D eigenvalue weighted by Gasteiger charge is 2.46. The van der Waals surface area contributed by atoms with Gasteiger partial charge in [0.2, 0.25) is 0 Å². The van der Waals surface area contributed by atoms with Crippen molar-refractivity contribution in [3.05, 3.63) is 46.5 Å². The Labute approximate surface area is 181 Å². The number of fused-ring (bicyclic) bond motifs is 1. The zero-order valence-electron chi connectivity index (χ0n) is 15.8. The number of aromatic nitrogens is 4. The van der Waals surface area contributed by atoms with Crippen LogP contribution in [0.2, 0.25) is 10.0 Å². The van der Waals surface area contributed by atoms with Gasteiger partial charge in [0.25, 0.3) is 5.91 Å². The Kier molecular flexibility index (Phi) is 5.76. The Morgan fingerprint density at radius 3 is 2.90 bits per heavy atom. The summed E-state index contributed by atoms with van der Waals surface area (Å²) in [5.41, 5.74) is 7.64. The number of aliphatic hydroxyl groups excluding tert-OH is 1. The maximum absolute atomic E-state index is 12.0. The highest BCUT2D eigenvalue weighted by atomic mass is 35.5. The number of carbonyl (C=O) groups is 1. The number of hydrogen-bond acceptors (Lipinski definition) is 8. The molecule has 4 atom stereocenters. The van der Waals surface area contributed by atoms with Crippen LogP contribution in [-0.4, -0.2) is 55.8 Å². The molecule has 1 aliphatic heterocycles. The number of aliphatic hydroxyl groups is 1. The van der Waals surface area contributed by atoms with Crippen molar-refractivity contribution in [1.82, 2.24) is 24.8 Å². The summed E-state index contributed by atoms with van der Waals surface area (Å²) in [7, 11) is 1.47. The topological polar surface area (TPSA) is 140 Å². The third kappa shape index (κ3) is 3.68. The number of imidazole rings is 1. The van der Waals surface area contributed by atoms with Gasteiger partial charge in [0.15, 0.2) is 29.3 Å². The van der Waals surface area contributed by atoms with Crippen LogP contribution in [0.1, 0.15) is 11.8 Å². The summed E-state index contributed by atoms with van der Waals surface area (Å²) in [6, 6.07) is 4.30. The smallest absolute Gasteiger partial charge is 0.250 e. The van der Waals surface area contributed by atoms with Gasteiger partial charge in [-0.25, -0.2) is 15.0 Å². The van der Waals surface area contributed by atoms with Gasteiger partial charge in [0.1, 0.15) is 12.4 Å². The average molecular weight is 452 g/mol. The van der Waals surface area contributed by atoms with Crippen molar-refractivity contribution in [3.63, 3.8) is 0 Å². The molecule has 0 unspecified atom stereocenters. The van der Waals surface area contributed by atoms with Crippen molar-refractivity contribution < 1.29 is 14.6 Å². The first-order valence-electron chi connectivity index (χ1n) is 9.06. The van der Waals surface area contributed by atoms with E-state index in [1.54, 1.807) is 18.2 Å². The first-order valence-corrected chi connectivity index (χ1v) is 9.82. The second-order valence-electron chi connectivity index (χ2n) is 6.77. The molecule has 3 heterocycles. The number of likely N-dealkylation sites (N-methyl/N-ethyl adjacent to an activating group) is 1. The number of hydrogen-bond donors (Lipinski definition) is 4. The minimum Gasteiger partial charge on any atom is -0.387 e. The number of anilines is 1. The van der Waals surface area contributed by atoms with E-state index in [2.05, 4.69) is 25.6 Å². The van der Waals surface area contributed by atoms with Crippen LogP contribution in [0.15, 0.2) is 30.9 Å². The van der Waals surface area contributed by atoms with Crippen LogP contribution < -0.4 is 16.4 Å². The van der Waals surface area contributed by atoms with Crippen molar-refractivity contribution in [1.29, 1.82) is 0 Å². The third-order valence-corrected chi connectivity index (χ3v) is 5.52. The summed E-state index contributed by atoms with van der Waals surface area (Å²) in [6.45, 7) is 0.366. The highest BCUT2D eigenvalue weighted by molar-refractivity contribution is 6.33. The highest BCUT2D eigenvalue weighted by Crippen LogP contribution is 2.31. The Bertz CT molecular complexity index is 1090. The van der Waals surface area contributed by atoms with Gasteiger partial charge in [-0.1, -0.05) is 23.2 Å². The van der Waals surface area contributed by atoms with E-state index in [-0.39, 0.29) is 0 Å². The fourth-order valence-electron chi connectivity index (χ4n) is 3.32. The molecular formula is C18H19Cl2N7O3. The molecular weight excluding hydrogens is 433 g/mol. The minimum absolute atomic E-state index is 0.366. The van der Waals surface area contributed by atoms with E-state index < -0.39 is 30.4 Å². The number of carbonyl (C=O) groups excluding carboxylic acids is 1. The number of ether oxygens (including phenoxy) is 1. The quantitative estimate of drug-likeness (QED) is 0.451. The molecule has 1 aromatic carbocycles. The fourth-order valence-corrected chi connectivity index (χ4v) is 3.70. The molecule has 12 heteroatoms. The van der Waals surface area contributed by atoms with Gasteiger partial charge in [-0.3, -0.25) is 9.36 Å². The molecule has 158 valence electrons. The molecule has 1 amide bonds. The third-order valence-electron chi connectivity index (χ3n) is 4.91. The van der Waals surface area contributed by atoms with Crippen LogP contribution in [0.3, 0.4) is 0 Å². The van der Waals surface area contributed by atoms with E-state index >= 15 is 0 Å². The van der Waals surface area contributed by atoms with Gasteiger partial charge in [-0.15, -0.1) is 0 Å². The number of amides is 1. The Morgan fingerprint density at radius 1 is 1.33 bits per heavy atom. The fraction of sp³-hybridized carbons (Fsp3) is 0.333. The number of halogens is 2. The lowest BCUT2D eigenvalue weighted by Gasteiger charge is -2.16. The molecule has 3 aromatic rings. The Balaban J connectivity index is 1.61. The largest absolute Gasteiger partial charge is 0.387 e. The zero-order chi connectivity index (χ0) is 21.4. The van der Waals surface area contributed by atoms with Gasteiger partial charge in [-0.05, 0) is 23.8 Å². The summed E-state index contributed by atoms with van der Waals surface area (Å²) >= 11 is 12.2. The minimum atomic E-state index is -1.12. The summed E-state index contributed by atoms with van der Waals surface area (Å²) in [4.78, 5) is 24.8. The predicted molar refractivity (Wildman–Crippen MR) is 111 cm³/mol. The molecule has 10 nitrogen and oxygen atoms in total. The molecule has 0 bridgehead atoms. The molecule has 5 N–H and O–H groups in total. The Morgan fingerprint density at radius 2 is 2.13 bits per heavy atom. The van der Waals surface area contributed by atoms with E-state index in [0.717, 1.165) is 5.56 Å². The van der Waals surface area contributed by atoms with Crippen molar-refractivity contribution in [3.8, 4) is 0 Å². The van der Waals surface area contributed by atoms with Gasteiger partial charge < -0.3 is 26.2 Å². The summed E-state index contributed by atoms with van der Waals surface area (Å²) in [5.74, 6) is 0.0540.